The quantitative estimate of drug-likeness (QED) is 0.0620. The molecule has 7 atom stereocenters. The van der Waals surface area contributed by atoms with Gasteiger partial charge in [0, 0.05) is 26.7 Å². The summed E-state index contributed by atoms with van der Waals surface area (Å²) in [6.07, 6.45) is 2.25. The van der Waals surface area contributed by atoms with Crippen LogP contribution in [0.1, 0.15) is 95.9 Å². The standard InChI is InChI=1S/C50H86O8Si3/c1-37(40(4)45(58-60(18,19)49(8,9)10)34-56-59(16,17)48(5,6)7)32-39(3)46(53-35-51-14)47(54-36-52-15)44-33-38(2)43(57-44)30-31-55-61(50(11,12)13,41-26-22-20-23-27-41)42-28-24-21-25-29-42/h20-29,32,38,40,43-47H,3,30-31,33-36H2,1-2,4-19H3/b37-32+/t38-,40-,43+,44-,45+,46-,47+/m1/s1. The summed E-state index contributed by atoms with van der Waals surface area (Å²) in [7, 11) is -3.59. The Hall–Kier alpha value is -1.75. The molecule has 0 aliphatic carbocycles. The van der Waals surface area contributed by atoms with E-state index in [1.807, 2.05) is 0 Å². The first-order valence-corrected chi connectivity index (χ1v) is 30.3. The molecular formula is C50H86O8Si3. The number of hydrogen-bond acceptors (Lipinski definition) is 8. The van der Waals surface area contributed by atoms with Crippen LogP contribution in [0.3, 0.4) is 0 Å². The second-order valence-corrected chi connectivity index (χ2v) is 35.4. The predicted octanol–water partition coefficient (Wildman–Crippen LogP) is 11.3. The van der Waals surface area contributed by atoms with Gasteiger partial charge in [-0.3, -0.25) is 0 Å². The molecule has 0 saturated carbocycles. The Labute approximate surface area is 375 Å². The molecule has 1 aliphatic rings. The van der Waals surface area contributed by atoms with Crippen molar-refractivity contribution in [1.82, 2.24) is 0 Å². The van der Waals surface area contributed by atoms with Crippen LogP contribution in [0.2, 0.25) is 41.3 Å². The van der Waals surface area contributed by atoms with E-state index in [0.29, 0.717) is 13.2 Å². The normalized spacial score (nSPS) is 20.7. The molecule has 11 heteroatoms. The van der Waals surface area contributed by atoms with E-state index in [1.54, 1.807) is 14.2 Å². The molecule has 0 spiro atoms. The lowest BCUT2D eigenvalue weighted by molar-refractivity contribution is -0.181. The average molecular weight is 899 g/mol. The topological polar surface area (TPSA) is 73.8 Å². The minimum absolute atomic E-state index is 0.0281. The van der Waals surface area contributed by atoms with Crippen LogP contribution >= 0.6 is 0 Å². The van der Waals surface area contributed by atoms with Gasteiger partial charge < -0.3 is 37.0 Å². The fraction of sp³-hybridized carbons (Fsp3) is 0.680. The molecule has 1 aliphatic heterocycles. The number of ether oxygens (including phenoxy) is 5. The largest absolute Gasteiger partial charge is 0.414 e. The van der Waals surface area contributed by atoms with Crippen molar-refractivity contribution in [2.45, 2.75) is 168 Å². The van der Waals surface area contributed by atoms with Gasteiger partial charge in [0.1, 0.15) is 25.8 Å². The number of methoxy groups -OCH3 is 2. The maximum Gasteiger partial charge on any atom is 0.261 e. The summed E-state index contributed by atoms with van der Waals surface area (Å²) < 4.78 is 52.2. The Morgan fingerprint density at radius 2 is 1.28 bits per heavy atom. The fourth-order valence-electron chi connectivity index (χ4n) is 7.82. The second-order valence-electron chi connectivity index (χ2n) is 21.5. The zero-order valence-corrected chi connectivity index (χ0v) is 44.6. The first kappa shape index (κ1) is 53.6. The Balaban J connectivity index is 1.91. The molecule has 2 aromatic carbocycles. The molecular weight excluding hydrogens is 813 g/mol. The maximum atomic E-state index is 7.29. The van der Waals surface area contributed by atoms with Gasteiger partial charge in [0.25, 0.3) is 8.32 Å². The van der Waals surface area contributed by atoms with Crippen LogP contribution in [0.15, 0.2) is 84.5 Å². The van der Waals surface area contributed by atoms with Gasteiger partial charge in [-0.15, -0.1) is 0 Å². The van der Waals surface area contributed by atoms with E-state index in [9.17, 15) is 0 Å². The van der Waals surface area contributed by atoms with E-state index in [-0.39, 0.29) is 58.8 Å². The number of hydrogen-bond donors (Lipinski definition) is 0. The molecule has 3 rings (SSSR count). The molecule has 0 N–H and O–H groups in total. The van der Waals surface area contributed by atoms with Crippen molar-refractivity contribution in [2.24, 2.45) is 11.8 Å². The summed E-state index contributed by atoms with van der Waals surface area (Å²) in [6.45, 7) is 42.5. The molecule has 0 bridgehead atoms. The molecule has 1 heterocycles. The lowest BCUT2D eigenvalue weighted by atomic mass is 9.91. The highest BCUT2D eigenvalue weighted by Gasteiger charge is 2.51. The molecule has 1 fully saturated rings. The maximum absolute atomic E-state index is 7.29. The molecule has 0 radical (unpaired) electrons. The molecule has 0 amide bonds. The van der Waals surface area contributed by atoms with E-state index < -0.39 is 37.2 Å². The van der Waals surface area contributed by atoms with Crippen LogP contribution in [-0.2, 0) is 37.0 Å². The zero-order chi connectivity index (χ0) is 46.0. The van der Waals surface area contributed by atoms with Gasteiger partial charge in [-0.25, -0.2) is 0 Å². The van der Waals surface area contributed by atoms with Crippen molar-refractivity contribution in [1.29, 1.82) is 0 Å². The first-order valence-electron chi connectivity index (χ1n) is 22.5. The van der Waals surface area contributed by atoms with Crippen molar-refractivity contribution in [3.05, 3.63) is 84.5 Å². The van der Waals surface area contributed by atoms with E-state index in [0.717, 1.165) is 24.0 Å². The van der Waals surface area contributed by atoms with Crippen LogP contribution in [0.4, 0.5) is 0 Å². The smallest absolute Gasteiger partial charge is 0.261 e. The molecule has 346 valence electrons. The van der Waals surface area contributed by atoms with Gasteiger partial charge in [-0.1, -0.05) is 155 Å². The Morgan fingerprint density at radius 3 is 1.75 bits per heavy atom. The number of rotatable bonds is 23. The molecule has 61 heavy (non-hydrogen) atoms. The SMILES string of the molecule is C=C(/C=C(\C)[C@@H](C)[C@H](CO[Si](C)(C)C(C)(C)C)O[Si](C)(C)C(C)(C)C)[C@@H](OCOC)[C@@H](OCOC)[C@H]1C[C@@H](C)[C@H](CCO[Si](c2ccccc2)(c2ccccc2)C(C)(C)C)O1. The lowest BCUT2D eigenvalue weighted by Gasteiger charge is -2.43. The third-order valence-corrected chi connectivity index (χ3v) is 27.9. The van der Waals surface area contributed by atoms with E-state index >= 15 is 0 Å². The molecule has 0 unspecified atom stereocenters. The summed E-state index contributed by atoms with van der Waals surface area (Å²) in [4.78, 5) is 0. The Bertz CT molecular complexity index is 1610. The van der Waals surface area contributed by atoms with Crippen LogP contribution in [0.5, 0.6) is 0 Å². The van der Waals surface area contributed by atoms with Gasteiger partial charge in [-0.05, 0) is 82.9 Å². The van der Waals surface area contributed by atoms with E-state index in [4.69, 9.17) is 37.0 Å². The summed E-state index contributed by atoms with van der Waals surface area (Å²) in [5, 5.41) is 2.59. The van der Waals surface area contributed by atoms with Crippen LogP contribution in [0.25, 0.3) is 0 Å². The lowest BCUT2D eigenvalue weighted by Crippen LogP contribution is -2.66. The van der Waals surface area contributed by atoms with Crippen molar-refractivity contribution in [2.75, 3.05) is 41.0 Å². The Kier molecular flexibility index (Phi) is 19.7. The summed E-state index contributed by atoms with van der Waals surface area (Å²) >= 11 is 0. The molecule has 2 aromatic rings. The third-order valence-electron chi connectivity index (χ3n) is 13.9. The van der Waals surface area contributed by atoms with Crippen molar-refractivity contribution in [3.63, 3.8) is 0 Å². The van der Waals surface area contributed by atoms with Crippen molar-refractivity contribution in [3.8, 4) is 0 Å². The minimum atomic E-state index is -2.69. The van der Waals surface area contributed by atoms with Gasteiger partial charge in [0.2, 0.25) is 0 Å². The van der Waals surface area contributed by atoms with E-state index in [1.165, 1.54) is 10.4 Å². The van der Waals surface area contributed by atoms with Gasteiger partial charge >= 0.3 is 0 Å². The van der Waals surface area contributed by atoms with Crippen LogP contribution < -0.4 is 10.4 Å². The summed E-state index contributed by atoms with van der Waals surface area (Å²) in [5.74, 6) is 0.323. The second kappa shape index (κ2) is 22.4. The highest BCUT2D eigenvalue weighted by atomic mass is 28.4. The summed E-state index contributed by atoms with van der Waals surface area (Å²) in [5.41, 5.74) is 1.93. The van der Waals surface area contributed by atoms with E-state index in [2.05, 4.69) is 183 Å². The summed E-state index contributed by atoms with van der Waals surface area (Å²) in [6, 6.07) is 21.6. The number of benzene rings is 2. The van der Waals surface area contributed by atoms with Gasteiger partial charge in [-0.2, -0.15) is 0 Å². The van der Waals surface area contributed by atoms with Gasteiger partial charge in [0.15, 0.2) is 16.6 Å². The Morgan fingerprint density at radius 1 is 0.770 bits per heavy atom. The predicted molar refractivity (Wildman–Crippen MR) is 261 cm³/mol. The van der Waals surface area contributed by atoms with Crippen molar-refractivity contribution < 1.29 is 37.0 Å². The molecule has 0 aromatic heterocycles. The monoisotopic (exact) mass is 899 g/mol. The van der Waals surface area contributed by atoms with Crippen molar-refractivity contribution >= 4 is 35.3 Å². The third kappa shape index (κ3) is 13.9. The first-order chi connectivity index (χ1) is 28.2. The average Bonchev–Trinajstić information content (AvgIpc) is 3.54. The molecule has 8 nitrogen and oxygen atoms in total. The van der Waals surface area contributed by atoms with Gasteiger partial charge in [0.05, 0.1) is 24.9 Å². The molecule has 1 saturated heterocycles. The highest BCUT2D eigenvalue weighted by molar-refractivity contribution is 6.99. The zero-order valence-electron chi connectivity index (χ0n) is 41.6. The minimum Gasteiger partial charge on any atom is -0.414 e. The van der Waals surface area contributed by atoms with Crippen LogP contribution in [-0.4, -0.2) is 96.5 Å². The highest BCUT2D eigenvalue weighted by Crippen LogP contribution is 2.42. The van der Waals surface area contributed by atoms with Crippen LogP contribution in [0, 0.1) is 11.8 Å². The fourth-order valence-corrected chi connectivity index (χ4v) is 14.8.